The lowest BCUT2D eigenvalue weighted by molar-refractivity contribution is 0.251. The number of nitrogens with one attached hydrogen (secondary N) is 2. The number of carbonyl (C=O) groups is 1. The van der Waals surface area contributed by atoms with Crippen molar-refractivity contribution in [2.24, 2.45) is 0 Å². The maximum absolute atomic E-state index is 12.0. The minimum atomic E-state index is -0.185. The van der Waals surface area contributed by atoms with E-state index < -0.39 is 0 Å². The van der Waals surface area contributed by atoms with Gasteiger partial charge in [0, 0.05) is 18.2 Å². The predicted octanol–water partition coefficient (Wildman–Crippen LogP) is 3.56. The van der Waals surface area contributed by atoms with E-state index in [4.69, 9.17) is 9.47 Å². The maximum atomic E-state index is 12.0. The average Bonchev–Trinajstić information content (AvgIpc) is 3.01. The molecule has 24 heavy (non-hydrogen) atoms. The highest BCUT2D eigenvalue weighted by Gasteiger charge is 2.25. The Bertz CT molecular complexity index is 716. The summed E-state index contributed by atoms with van der Waals surface area (Å²) in [6, 6.07) is 13.3. The molecule has 1 aliphatic carbocycles. The Kier molecular flexibility index (Phi) is 4.89. The topological polar surface area (TPSA) is 59.6 Å². The molecule has 2 aromatic rings. The molecule has 2 amide bonds. The van der Waals surface area contributed by atoms with E-state index in [1.54, 1.807) is 14.2 Å². The quantitative estimate of drug-likeness (QED) is 0.883. The molecule has 5 heteroatoms. The van der Waals surface area contributed by atoms with E-state index in [0.717, 1.165) is 30.0 Å². The number of hydrogen-bond donors (Lipinski definition) is 2. The van der Waals surface area contributed by atoms with E-state index in [0.29, 0.717) is 12.5 Å². The van der Waals surface area contributed by atoms with Crippen LogP contribution in [0.1, 0.15) is 23.5 Å². The molecule has 0 saturated carbocycles. The molecule has 0 bridgehead atoms. The zero-order valence-corrected chi connectivity index (χ0v) is 14.0. The van der Waals surface area contributed by atoms with E-state index in [2.05, 4.69) is 10.6 Å². The number of carbonyl (C=O) groups excluding carboxylic acids is 1. The van der Waals surface area contributed by atoms with Crippen molar-refractivity contribution in [3.05, 3.63) is 53.6 Å². The molecule has 0 saturated heterocycles. The molecule has 1 unspecified atom stereocenters. The lowest BCUT2D eigenvalue weighted by atomic mass is 10.0. The Morgan fingerprint density at radius 3 is 2.54 bits per heavy atom. The summed E-state index contributed by atoms with van der Waals surface area (Å²) in [4.78, 5) is 12.0. The van der Waals surface area contributed by atoms with Crippen LogP contribution in [0.3, 0.4) is 0 Å². The first-order valence-corrected chi connectivity index (χ1v) is 8.06. The molecule has 0 aliphatic heterocycles. The van der Waals surface area contributed by atoms with Crippen LogP contribution in [-0.4, -0.2) is 26.8 Å². The van der Waals surface area contributed by atoms with Crippen molar-refractivity contribution in [3.8, 4) is 11.5 Å². The summed E-state index contributed by atoms with van der Waals surface area (Å²) >= 11 is 0. The highest BCUT2D eigenvalue weighted by atomic mass is 16.5. The molecule has 126 valence electrons. The van der Waals surface area contributed by atoms with Gasteiger partial charge in [0.15, 0.2) is 11.5 Å². The number of anilines is 1. The van der Waals surface area contributed by atoms with Crippen molar-refractivity contribution in [1.29, 1.82) is 0 Å². The molecule has 0 fully saturated rings. The summed E-state index contributed by atoms with van der Waals surface area (Å²) in [6.45, 7) is 0.598. The summed E-state index contributed by atoms with van der Waals surface area (Å²) in [6.07, 6.45) is 2.00. The molecule has 2 aromatic carbocycles. The van der Waals surface area contributed by atoms with Crippen LogP contribution in [0.5, 0.6) is 11.5 Å². The van der Waals surface area contributed by atoms with Gasteiger partial charge in [-0.1, -0.05) is 18.2 Å². The summed E-state index contributed by atoms with van der Waals surface area (Å²) in [5.41, 5.74) is 3.28. The van der Waals surface area contributed by atoms with E-state index in [1.807, 2.05) is 42.5 Å². The molecular weight excluding hydrogens is 304 g/mol. The number of methoxy groups -OCH3 is 2. The van der Waals surface area contributed by atoms with Crippen molar-refractivity contribution in [2.75, 3.05) is 26.1 Å². The highest BCUT2D eigenvalue weighted by Crippen LogP contribution is 2.40. The van der Waals surface area contributed by atoms with Crippen molar-refractivity contribution in [1.82, 2.24) is 5.32 Å². The van der Waals surface area contributed by atoms with Gasteiger partial charge in [0.25, 0.3) is 0 Å². The van der Waals surface area contributed by atoms with Crippen molar-refractivity contribution in [3.63, 3.8) is 0 Å². The Morgan fingerprint density at radius 1 is 1.12 bits per heavy atom. The molecule has 1 atom stereocenters. The van der Waals surface area contributed by atoms with Gasteiger partial charge < -0.3 is 20.1 Å². The molecule has 5 nitrogen and oxygen atoms in total. The maximum Gasteiger partial charge on any atom is 0.319 e. The molecule has 0 heterocycles. The van der Waals surface area contributed by atoms with Gasteiger partial charge in [-0.2, -0.15) is 0 Å². The second kappa shape index (κ2) is 7.25. The first-order chi connectivity index (χ1) is 11.7. The Labute approximate surface area is 142 Å². The minimum Gasteiger partial charge on any atom is -0.493 e. The number of hydrogen-bond acceptors (Lipinski definition) is 3. The molecule has 3 rings (SSSR count). The van der Waals surface area contributed by atoms with Gasteiger partial charge in [0.05, 0.1) is 14.2 Å². The van der Waals surface area contributed by atoms with Crippen LogP contribution in [-0.2, 0) is 6.42 Å². The number of rotatable bonds is 5. The van der Waals surface area contributed by atoms with Gasteiger partial charge in [-0.15, -0.1) is 0 Å². The van der Waals surface area contributed by atoms with Gasteiger partial charge in [-0.25, -0.2) is 4.79 Å². The second-order valence-electron chi connectivity index (χ2n) is 5.84. The van der Waals surface area contributed by atoms with Crippen molar-refractivity contribution < 1.29 is 14.3 Å². The van der Waals surface area contributed by atoms with Crippen LogP contribution < -0.4 is 20.1 Å². The summed E-state index contributed by atoms with van der Waals surface area (Å²) < 4.78 is 10.7. The second-order valence-corrected chi connectivity index (χ2v) is 5.84. The Morgan fingerprint density at radius 2 is 1.83 bits per heavy atom. The van der Waals surface area contributed by atoms with Crippen LogP contribution in [0.15, 0.2) is 42.5 Å². The van der Waals surface area contributed by atoms with Crippen LogP contribution in [0.2, 0.25) is 0 Å². The predicted molar refractivity (Wildman–Crippen MR) is 94.1 cm³/mol. The summed E-state index contributed by atoms with van der Waals surface area (Å²) in [5.74, 6) is 1.78. The minimum absolute atomic E-state index is 0.185. The van der Waals surface area contributed by atoms with Crippen LogP contribution in [0.4, 0.5) is 10.5 Å². The molecule has 0 aromatic heterocycles. The first kappa shape index (κ1) is 16.2. The number of fused-ring (bicyclic) bond motifs is 1. The number of ether oxygens (including phenoxy) is 2. The van der Waals surface area contributed by atoms with Gasteiger partial charge in [0.1, 0.15) is 0 Å². The van der Waals surface area contributed by atoms with E-state index in [-0.39, 0.29) is 6.03 Å². The Balaban J connectivity index is 1.63. The van der Waals surface area contributed by atoms with Gasteiger partial charge >= 0.3 is 6.03 Å². The smallest absolute Gasteiger partial charge is 0.319 e. The lowest BCUT2D eigenvalue weighted by Gasteiger charge is -2.15. The Hall–Kier alpha value is -2.69. The molecule has 0 radical (unpaired) electrons. The zero-order valence-electron chi connectivity index (χ0n) is 14.0. The van der Waals surface area contributed by atoms with Gasteiger partial charge in [-0.05, 0) is 48.2 Å². The number of benzene rings is 2. The van der Waals surface area contributed by atoms with Crippen LogP contribution in [0, 0.1) is 0 Å². The summed E-state index contributed by atoms with van der Waals surface area (Å²) in [7, 11) is 3.28. The fourth-order valence-electron chi connectivity index (χ4n) is 3.14. The SMILES string of the molecule is COc1cc2c(cc1OC)C(CNC(=O)Nc1ccccc1)CC2. The van der Waals surface area contributed by atoms with Crippen LogP contribution in [0.25, 0.3) is 0 Å². The van der Waals surface area contributed by atoms with Gasteiger partial charge in [0.2, 0.25) is 0 Å². The monoisotopic (exact) mass is 326 g/mol. The fraction of sp³-hybridized carbons (Fsp3) is 0.316. The van der Waals surface area contributed by atoms with E-state index in [9.17, 15) is 4.79 Å². The van der Waals surface area contributed by atoms with Crippen molar-refractivity contribution >= 4 is 11.7 Å². The number of urea groups is 1. The largest absolute Gasteiger partial charge is 0.493 e. The molecule has 2 N–H and O–H groups in total. The third kappa shape index (κ3) is 3.45. The molecule has 0 spiro atoms. The normalized spacial score (nSPS) is 15.5. The summed E-state index contributed by atoms with van der Waals surface area (Å²) in [5, 5.41) is 5.79. The van der Waals surface area contributed by atoms with Crippen molar-refractivity contribution in [2.45, 2.75) is 18.8 Å². The van der Waals surface area contributed by atoms with Crippen LogP contribution >= 0.6 is 0 Å². The zero-order chi connectivity index (χ0) is 16.9. The fourth-order valence-corrected chi connectivity index (χ4v) is 3.14. The first-order valence-electron chi connectivity index (χ1n) is 8.06. The van der Waals surface area contributed by atoms with E-state index >= 15 is 0 Å². The van der Waals surface area contributed by atoms with Gasteiger partial charge in [-0.3, -0.25) is 0 Å². The number of amides is 2. The van der Waals surface area contributed by atoms with E-state index in [1.165, 1.54) is 11.1 Å². The average molecular weight is 326 g/mol. The third-order valence-corrected chi connectivity index (χ3v) is 4.39. The third-order valence-electron chi connectivity index (χ3n) is 4.39. The molecular formula is C19H22N2O3. The number of para-hydroxylation sites is 1. The number of aryl methyl sites for hydroxylation is 1. The standard InChI is InChI=1S/C19H22N2O3/c1-23-17-10-13-8-9-14(16(13)11-18(17)24-2)12-20-19(22)21-15-6-4-3-5-7-15/h3-7,10-11,14H,8-9,12H2,1-2H3,(H2,20,21,22). The lowest BCUT2D eigenvalue weighted by Crippen LogP contribution is -2.31. The highest BCUT2D eigenvalue weighted by molar-refractivity contribution is 5.89. The molecule has 1 aliphatic rings.